The third-order valence-electron chi connectivity index (χ3n) is 3.36. The number of ketones is 2. The summed E-state index contributed by atoms with van der Waals surface area (Å²) in [6, 6.07) is 0. The maximum absolute atomic E-state index is 11.8. The van der Waals surface area contributed by atoms with Crippen molar-refractivity contribution in [2.24, 2.45) is 17.8 Å². The van der Waals surface area contributed by atoms with Gasteiger partial charge in [-0.25, -0.2) is 0 Å². The van der Waals surface area contributed by atoms with E-state index in [0.717, 1.165) is 19.3 Å². The van der Waals surface area contributed by atoms with Crippen LogP contribution in [0.3, 0.4) is 0 Å². The fourth-order valence-corrected chi connectivity index (χ4v) is 2.19. The molecule has 0 radical (unpaired) electrons. The molecule has 72 valence electrons. The molecule has 2 aliphatic rings. The standard InChI is InChI=1S/C11H16O2/c1-7-2-5-9(12)6-10(7)11(13)8-3-4-8/h7-8,10H,2-6H2,1H3. The van der Waals surface area contributed by atoms with E-state index >= 15 is 0 Å². The van der Waals surface area contributed by atoms with Crippen LogP contribution in [0.1, 0.15) is 39.0 Å². The molecule has 2 heteroatoms. The van der Waals surface area contributed by atoms with E-state index in [1.165, 1.54) is 0 Å². The summed E-state index contributed by atoms with van der Waals surface area (Å²) in [7, 11) is 0. The van der Waals surface area contributed by atoms with Gasteiger partial charge < -0.3 is 0 Å². The second-order valence-corrected chi connectivity index (χ2v) is 4.54. The lowest BCUT2D eigenvalue weighted by molar-refractivity contribution is -0.133. The largest absolute Gasteiger partial charge is 0.300 e. The summed E-state index contributed by atoms with van der Waals surface area (Å²) >= 11 is 0. The van der Waals surface area contributed by atoms with Gasteiger partial charge in [0.2, 0.25) is 0 Å². The molecule has 2 saturated carbocycles. The molecular formula is C11H16O2. The van der Waals surface area contributed by atoms with Gasteiger partial charge in [-0.15, -0.1) is 0 Å². The normalized spacial score (nSPS) is 34.7. The molecule has 2 nitrogen and oxygen atoms in total. The van der Waals surface area contributed by atoms with Crippen molar-refractivity contribution in [1.29, 1.82) is 0 Å². The van der Waals surface area contributed by atoms with Crippen LogP contribution in [0.5, 0.6) is 0 Å². The summed E-state index contributed by atoms with van der Waals surface area (Å²) < 4.78 is 0. The molecule has 2 rings (SSSR count). The Morgan fingerprint density at radius 3 is 2.62 bits per heavy atom. The van der Waals surface area contributed by atoms with Gasteiger partial charge >= 0.3 is 0 Å². The van der Waals surface area contributed by atoms with Gasteiger partial charge in [0.15, 0.2) is 0 Å². The molecule has 0 bridgehead atoms. The molecule has 13 heavy (non-hydrogen) atoms. The Labute approximate surface area is 78.7 Å². The van der Waals surface area contributed by atoms with E-state index in [-0.39, 0.29) is 11.7 Å². The summed E-state index contributed by atoms with van der Waals surface area (Å²) in [5.41, 5.74) is 0. The lowest BCUT2D eigenvalue weighted by Gasteiger charge is -2.26. The predicted octanol–water partition coefficient (Wildman–Crippen LogP) is 1.97. The van der Waals surface area contributed by atoms with Crippen molar-refractivity contribution in [3.05, 3.63) is 0 Å². The zero-order valence-corrected chi connectivity index (χ0v) is 8.08. The van der Waals surface area contributed by atoms with Gasteiger partial charge in [0.1, 0.15) is 11.6 Å². The van der Waals surface area contributed by atoms with Gasteiger partial charge in [-0.3, -0.25) is 9.59 Å². The third kappa shape index (κ3) is 1.82. The highest BCUT2D eigenvalue weighted by Crippen LogP contribution is 2.38. The minimum atomic E-state index is 0.0637. The predicted molar refractivity (Wildman–Crippen MR) is 49.2 cm³/mol. The van der Waals surface area contributed by atoms with Gasteiger partial charge in [-0.2, -0.15) is 0 Å². The molecular weight excluding hydrogens is 164 g/mol. The number of carbonyl (C=O) groups is 2. The quantitative estimate of drug-likeness (QED) is 0.651. The first kappa shape index (κ1) is 8.92. The molecule has 0 amide bonds. The lowest BCUT2D eigenvalue weighted by atomic mass is 9.76. The van der Waals surface area contributed by atoms with Gasteiger partial charge in [-0.05, 0) is 25.2 Å². The Bertz CT molecular complexity index is 240. The number of carbonyl (C=O) groups excluding carboxylic acids is 2. The Morgan fingerprint density at radius 1 is 1.31 bits per heavy atom. The van der Waals surface area contributed by atoms with Crippen molar-refractivity contribution >= 4 is 11.6 Å². The summed E-state index contributed by atoms with van der Waals surface area (Å²) in [5.74, 6) is 1.48. The third-order valence-corrected chi connectivity index (χ3v) is 3.36. The number of hydrogen-bond donors (Lipinski definition) is 0. The molecule has 0 aromatic carbocycles. The van der Waals surface area contributed by atoms with Crippen molar-refractivity contribution < 1.29 is 9.59 Å². The number of Topliss-reactive ketones (excluding diaryl/α,β-unsaturated/α-hetero) is 2. The molecule has 0 aromatic rings. The van der Waals surface area contributed by atoms with Crippen LogP contribution < -0.4 is 0 Å². The minimum absolute atomic E-state index is 0.0637. The van der Waals surface area contributed by atoms with E-state index in [4.69, 9.17) is 0 Å². The van der Waals surface area contributed by atoms with Crippen LogP contribution in [0.25, 0.3) is 0 Å². The minimum Gasteiger partial charge on any atom is -0.300 e. The Hall–Kier alpha value is -0.660. The van der Waals surface area contributed by atoms with Crippen LogP contribution in [-0.4, -0.2) is 11.6 Å². The Morgan fingerprint density at radius 2 is 2.00 bits per heavy atom. The maximum Gasteiger partial charge on any atom is 0.139 e. The van der Waals surface area contributed by atoms with Crippen molar-refractivity contribution in [2.45, 2.75) is 39.0 Å². The first-order chi connectivity index (χ1) is 6.18. The fourth-order valence-electron chi connectivity index (χ4n) is 2.19. The number of rotatable bonds is 2. The number of hydrogen-bond acceptors (Lipinski definition) is 2. The van der Waals surface area contributed by atoms with Crippen molar-refractivity contribution in [3.63, 3.8) is 0 Å². The highest BCUT2D eigenvalue weighted by atomic mass is 16.1. The molecule has 2 atom stereocenters. The van der Waals surface area contributed by atoms with Crippen LogP contribution in [-0.2, 0) is 9.59 Å². The summed E-state index contributed by atoms with van der Waals surface area (Å²) in [6.45, 7) is 2.11. The van der Waals surface area contributed by atoms with Crippen LogP contribution in [0.2, 0.25) is 0 Å². The zero-order chi connectivity index (χ0) is 9.42. The smallest absolute Gasteiger partial charge is 0.139 e. The van der Waals surface area contributed by atoms with E-state index in [1.807, 2.05) is 0 Å². The second kappa shape index (κ2) is 3.24. The molecule has 0 saturated heterocycles. The van der Waals surface area contributed by atoms with Gasteiger partial charge in [0.05, 0.1) is 0 Å². The van der Waals surface area contributed by atoms with Crippen molar-refractivity contribution in [2.75, 3.05) is 0 Å². The first-order valence-corrected chi connectivity index (χ1v) is 5.24. The molecule has 0 aromatic heterocycles. The molecule has 2 unspecified atom stereocenters. The zero-order valence-electron chi connectivity index (χ0n) is 8.08. The molecule has 2 aliphatic carbocycles. The van der Waals surface area contributed by atoms with Gasteiger partial charge in [0, 0.05) is 24.7 Å². The van der Waals surface area contributed by atoms with E-state index in [1.54, 1.807) is 0 Å². The average molecular weight is 180 g/mol. The summed E-state index contributed by atoms with van der Waals surface area (Å²) in [6.07, 6.45) is 4.26. The van der Waals surface area contributed by atoms with E-state index < -0.39 is 0 Å². The van der Waals surface area contributed by atoms with Crippen LogP contribution >= 0.6 is 0 Å². The molecule has 2 fully saturated rings. The van der Waals surface area contributed by atoms with Crippen molar-refractivity contribution in [3.8, 4) is 0 Å². The molecule has 0 aliphatic heterocycles. The topological polar surface area (TPSA) is 34.1 Å². The molecule has 0 N–H and O–H groups in total. The van der Waals surface area contributed by atoms with Crippen LogP contribution in [0.4, 0.5) is 0 Å². The second-order valence-electron chi connectivity index (χ2n) is 4.54. The lowest BCUT2D eigenvalue weighted by Crippen LogP contribution is -2.30. The summed E-state index contributed by atoms with van der Waals surface area (Å²) in [4.78, 5) is 23.0. The summed E-state index contributed by atoms with van der Waals surface area (Å²) in [5, 5.41) is 0. The molecule has 0 spiro atoms. The Kier molecular flexibility index (Phi) is 2.22. The van der Waals surface area contributed by atoms with Crippen LogP contribution in [0.15, 0.2) is 0 Å². The van der Waals surface area contributed by atoms with E-state index in [9.17, 15) is 9.59 Å². The highest BCUT2D eigenvalue weighted by molar-refractivity contribution is 5.91. The van der Waals surface area contributed by atoms with E-state index in [0.29, 0.717) is 30.5 Å². The molecule has 0 heterocycles. The van der Waals surface area contributed by atoms with Crippen molar-refractivity contribution in [1.82, 2.24) is 0 Å². The van der Waals surface area contributed by atoms with E-state index in [2.05, 4.69) is 6.92 Å². The average Bonchev–Trinajstić information content (AvgIpc) is 2.91. The first-order valence-electron chi connectivity index (χ1n) is 5.24. The van der Waals surface area contributed by atoms with Crippen LogP contribution in [0, 0.1) is 17.8 Å². The fraction of sp³-hybridized carbons (Fsp3) is 0.818. The SMILES string of the molecule is CC1CCC(=O)CC1C(=O)C1CC1. The monoisotopic (exact) mass is 180 g/mol. The van der Waals surface area contributed by atoms with Gasteiger partial charge in [-0.1, -0.05) is 6.92 Å². The van der Waals surface area contributed by atoms with Gasteiger partial charge in [0.25, 0.3) is 0 Å². The maximum atomic E-state index is 11.8. The Balaban J connectivity index is 2.01. The highest BCUT2D eigenvalue weighted by Gasteiger charge is 2.39.